The molecule has 0 radical (unpaired) electrons. The van der Waals surface area contributed by atoms with Crippen LogP contribution >= 0.6 is 11.6 Å². The Hall–Kier alpha value is -4.02. The van der Waals surface area contributed by atoms with E-state index in [1.54, 1.807) is 42.5 Å². The highest BCUT2D eigenvalue weighted by molar-refractivity contribution is 6.33. The lowest BCUT2D eigenvalue weighted by Crippen LogP contribution is -2.13. The Morgan fingerprint density at radius 1 is 1.17 bits per heavy atom. The first-order valence-electron chi connectivity index (χ1n) is 8.61. The van der Waals surface area contributed by atoms with Gasteiger partial charge in [0.2, 0.25) is 0 Å². The van der Waals surface area contributed by atoms with Gasteiger partial charge in [0.05, 0.1) is 17.7 Å². The highest BCUT2D eigenvalue weighted by atomic mass is 35.5. The number of halogens is 1. The molecular formula is C22H15ClN2O5. The Balaban J connectivity index is 1.79. The molecule has 0 aliphatic rings. The van der Waals surface area contributed by atoms with E-state index in [-0.39, 0.29) is 21.9 Å². The Bertz CT molecular complexity index is 1170. The van der Waals surface area contributed by atoms with Crippen molar-refractivity contribution >= 4 is 35.2 Å². The van der Waals surface area contributed by atoms with E-state index < -0.39 is 11.9 Å². The fraction of sp³-hybridized carbons (Fsp3) is 0.0455. The molecule has 0 aliphatic carbocycles. The zero-order valence-corrected chi connectivity index (χ0v) is 16.4. The van der Waals surface area contributed by atoms with Crippen LogP contribution in [0.1, 0.15) is 16.1 Å². The third-order valence-electron chi connectivity index (χ3n) is 4.11. The fourth-order valence-corrected chi connectivity index (χ4v) is 2.85. The summed E-state index contributed by atoms with van der Waals surface area (Å²) in [6, 6.07) is 16.2. The maximum absolute atomic E-state index is 12.4. The van der Waals surface area contributed by atoms with Crippen molar-refractivity contribution in [1.82, 2.24) is 0 Å². The van der Waals surface area contributed by atoms with Gasteiger partial charge in [0.1, 0.15) is 28.9 Å². The van der Waals surface area contributed by atoms with E-state index in [9.17, 15) is 14.9 Å². The molecule has 0 saturated heterocycles. The van der Waals surface area contributed by atoms with E-state index in [0.717, 1.165) is 0 Å². The average molecular weight is 423 g/mol. The van der Waals surface area contributed by atoms with Gasteiger partial charge in [-0.1, -0.05) is 17.7 Å². The normalized spacial score (nSPS) is 10.9. The first kappa shape index (κ1) is 20.7. The van der Waals surface area contributed by atoms with E-state index >= 15 is 0 Å². The summed E-state index contributed by atoms with van der Waals surface area (Å²) in [5.74, 6) is -0.382. The molecule has 7 nitrogen and oxygen atoms in total. The zero-order valence-electron chi connectivity index (χ0n) is 15.7. The SMILES string of the molecule is COc1ccc(NC(=O)C(C#N)=Cc2ccc(-c3ccc(C(=O)O)c(Cl)c3)o2)cc1. The number of nitrogens with zero attached hydrogens (tertiary/aromatic N) is 1. The van der Waals surface area contributed by atoms with Gasteiger partial charge in [0.15, 0.2) is 0 Å². The number of hydrogen-bond acceptors (Lipinski definition) is 5. The minimum atomic E-state index is -1.13. The van der Waals surface area contributed by atoms with Crippen LogP contribution in [-0.2, 0) is 4.79 Å². The molecule has 1 aromatic heterocycles. The summed E-state index contributed by atoms with van der Waals surface area (Å²) in [5, 5.41) is 21.1. The van der Waals surface area contributed by atoms with Gasteiger partial charge < -0.3 is 19.6 Å². The number of carboxylic acids is 1. The lowest BCUT2D eigenvalue weighted by molar-refractivity contribution is -0.112. The van der Waals surface area contributed by atoms with Gasteiger partial charge >= 0.3 is 5.97 Å². The predicted molar refractivity (Wildman–Crippen MR) is 111 cm³/mol. The number of carboxylic acid groups (broad SMARTS) is 1. The lowest BCUT2D eigenvalue weighted by atomic mass is 10.1. The molecule has 2 aromatic carbocycles. The van der Waals surface area contributed by atoms with Crippen LogP contribution in [0.3, 0.4) is 0 Å². The number of benzene rings is 2. The predicted octanol–water partition coefficient (Wildman–Crippen LogP) is 4.85. The average Bonchev–Trinajstić information content (AvgIpc) is 3.20. The van der Waals surface area contributed by atoms with E-state index in [0.29, 0.717) is 22.8 Å². The number of nitrogens with one attached hydrogen (secondary N) is 1. The fourth-order valence-electron chi connectivity index (χ4n) is 2.59. The van der Waals surface area contributed by atoms with E-state index in [2.05, 4.69) is 5.32 Å². The highest BCUT2D eigenvalue weighted by Gasteiger charge is 2.14. The molecule has 2 N–H and O–H groups in total. The molecule has 150 valence electrons. The Kier molecular flexibility index (Phi) is 6.20. The number of carbonyl (C=O) groups excluding carboxylic acids is 1. The van der Waals surface area contributed by atoms with Crippen LogP contribution in [0.2, 0.25) is 5.02 Å². The highest BCUT2D eigenvalue weighted by Crippen LogP contribution is 2.28. The molecule has 8 heteroatoms. The summed E-state index contributed by atoms with van der Waals surface area (Å²) in [7, 11) is 1.54. The second kappa shape index (κ2) is 8.99. The Labute approximate surface area is 176 Å². The third-order valence-corrected chi connectivity index (χ3v) is 4.42. The molecule has 1 amide bonds. The van der Waals surface area contributed by atoms with Crippen molar-refractivity contribution in [3.8, 4) is 23.1 Å². The number of aromatic carboxylic acids is 1. The van der Waals surface area contributed by atoms with Crippen LogP contribution < -0.4 is 10.1 Å². The monoisotopic (exact) mass is 422 g/mol. The smallest absolute Gasteiger partial charge is 0.337 e. The molecule has 3 aromatic rings. The molecule has 0 spiro atoms. The molecule has 3 rings (SSSR count). The number of carbonyl (C=O) groups is 2. The molecule has 0 saturated carbocycles. The van der Waals surface area contributed by atoms with Crippen molar-refractivity contribution in [3.05, 3.63) is 76.5 Å². The van der Waals surface area contributed by atoms with E-state index in [4.69, 9.17) is 25.9 Å². The van der Waals surface area contributed by atoms with Crippen LogP contribution in [0.15, 0.2) is 64.6 Å². The van der Waals surface area contributed by atoms with Crippen LogP contribution in [-0.4, -0.2) is 24.1 Å². The van der Waals surface area contributed by atoms with E-state index in [1.807, 2.05) is 6.07 Å². The third kappa shape index (κ3) is 4.69. The van der Waals surface area contributed by atoms with Crippen molar-refractivity contribution in [1.29, 1.82) is 5.26 Å². The molecule has 0 fully saturated rings. The molecule has 0 aliphatic heterocycles. The van der Waals surface area contributed by atoms with Crippen LogP contribution in [0.25, 0.3) is 17.4 Å². The molecule has 0 bridgehead atoms. The minimum absolute atomic E-state index is 0.0194. The van der Waals surface area contributed by atoms with Gasteiger partial charge in [-0.2, -0.15) is 5.26 Å². The standard InChI is InChI=1S/C22H15ClN2O5/c1-29-16-5-3-15(4-6-16)25-21(26)14(12-24)10-17-7-9-20(30-17)13-2-8-18(22(27)28)19(23)11-13/h2-11H,1H3,(H,25,26)(H,27,28). The van der Waals surface area contributed by atoms with Crippen molar-refractivity contribution in [2.24, 2.45) is 0 Å². The summed E-state index contributed by atoms with van der Waals surface area (Å²) in [4.78, 5) is 23.4. The van der Waals surface area contributed by atoms with E-state index in [1.165, 1.54) is 25.3 Å². The first-order valence-corrected chi connectivity index (χ1v) is 8.99. The summed E-state index contributed by atoms with van der Waals surface area (Å²) in [5.41, 5.74) is 0.904. The van der Waals surface area contributed by atoms with Gasteiger partial charge in [-0.25, -0.2) is 4.79 Å². The number of anilines is 1. The molecule has 0 unspecified atom stereocenters. The molecule has 1 heterocycles. The quantitative estimate of drug-likeness (QED) is 0.433. The number of hydrogen-bond donors (Lipinski definition) is 2. The maximum Gasteiger partial charge on any atom is 0.337 e. The second-order valence-electron chi connectivity index (χ2n) is 6.05. The number of methoxy groups -OCH3 is 1. The molecule has 30 heavy (non-hydrogen) atoms. The van der Waals surface area contributed by atoms with Gasteiger partial charge in [-0.05, 0) is 48.5 Å². The lowest BCUT2D eigenvalue weighted by Gasteiger charge is -2.05. The van der Waals surface area contributed by atoms with Gasteiger partial charge in [0, 0.05) is 17.3 Å². The largest absolute Gasteiger partial charge is 0.497 e. The van der Waals surface area contributed by atoms with Crippen molar-refractivity contribution in [2.75, 3.05) is 12.4 Å². The van der Waals surface area contributed by atoms with Crippen molar-refractivity contribution in [2.45, 2.75) is 0 Å². The van der Waals surface area contributed by atoms with Crippen LogP contribution in [0, 0.1) is 11.3 Å². The van der Waals surface area contributed by atoms with Crippen LogP contribution in [0.4, 0.5) is 5.69 Å². The Morgan fingerprint density at radius 2 is 1.90 bits per heavy atom. The molecule has 0 atom stereocenters. The number of nitriles is 1. The maximum atomic E-state index is 12.4. The minimum Gasteiger partial charge on any atom is -0.497 e. The Morgan fingerprint density at radius 3 is 2.50 bits per heavy atom. The second-order valence-corrected chi connectivity index (χ2v) is 6.46. The number of furan rings is 1. The molecular weight excluding hydrogens is 408 g/mol. The van der Waals surface area contributed by atoms with Crippen molar-refractivity contribution in [3.63, 3.8) is 0 Å². The van der Waals surface area contributed by atoms with Gasteiger partial charge in [-0.3, -0.25) is 4.79 Å². The summed E-state index contributed by atoms with van der Waals surface area (Å²) < 4.78 is 10.7. The van der Waals surface area contributed by atoms with Gasteiger partial charge in [0.25, 0.3) is 5.91 Å². The summed E-state index contributed by atoms with van der Waals surface area (Å²) in [6.45, 7) is 0. The first-order chi connectivity index (χ1) is 14.4. The summed E-state index contributed by atoms with van der Waals surface area (Å²) in [6.07, 6.45) is 1.32. The van der Waals surface area contributed by atoms with Gasteiger partial charge in [-0.15, -0.1) is 0 Å². The van der Waals surface area contributed by atoms with Crippen LogP contribution in [0.5, 0.6) is 5.75 Å². The zero-order chi connectivity index (χ0) is 21.7. The number of rotatable bonds is 6. The van der Waals surface area contributed by atoms with Crippen molar-refractivity contribution < 1.29 is 23.8 Å². The summed E-state index contributed by atoms with van der Waals surface area (Å²) >= 11 is 5.99. The topological polar surface area (TPSA) is 113 Å². The number of amides is 1. The number of ether oxygens (including phenoxy) is 1.